The zero-order valence-corrected chi connectivity index (χ0v) is 17.4. The lowest BCUT2D eigenvalue weighted by Gasteiger charge is -2.14. The second-order valence-electron chi connectivity index (χ2n) is 7.19. The Labute approximate surface area is 186 Å². The Balaban J connectivity index is 1.42. The first-order chi connectivity index (χ1) is 15.8. The summed E-state index contributed by atoms with van der Waals surface area (Å²) in [6.07, 6.45) is -1.34. The quantitative estimate of drug-likeness (QED) is 0.282. The van der Waals surface area contributed by atoms with Crippen molar-refractivity contribution in [2.75, 3.05) is 5.32 Å². The average Bonchev–Trinajstić information content (AvgIpc) is 3.21. The molecule has 4 aromatic rings. The average molecular weight is 453 g/mol. The van der Waals surface area contributed by atoms with Gasteiger partial charge in [0, 0.05) is 28.7 Å². The van der Waals surface area contributed by atoms with Crippen molar-refractivity contribution in [3.8, 4) is 11.1 Å². The highest BCUT2D eigenvalue weighted by Crippen LogP contribution is 2.30. The number of benzene rings is 2. The molecular weight excluding hydrogens is 435 g/mol. The Morgan fingerprint density at radius 3 is 2.64 bits per heavy atom. The number of amidine groups is 1. The van der Waals surface area contributed by atoms with Gasteiger partial charge < -0.3 is 10.4 Å². The van der Waals surface area contributed by atoms with Crippen molar-refractivity contribution in [2.24, 2.45) is 4.99 Å². The minimum absolute atomic E-state index is 0.0325. The van der Waals surface area contributed by atoms with Gasteiger partial charge in [0.15, 0.2) is 0 Å². The summed E-state index contributed by atoms with van der Waals surface area (Å²) in [5.74, 6) is -0.0814. The Hall–Kier alpha value is -4.21. The topological polar surface area (TPSA) is 90.2 Å². The number of rotatable bonds is 5. The summed E-state index contributed by atoms with van der Waals surface area (Å²) in [4.78, 5) is 7.98. The summed E-state index contributed by atoms with van der Waals surface area (Å²) in [5.41, 5.74) is 3.06. The van der Waals surface area contributed by atoms with E-state index in [2.05, 4.69) is 20.6 Å². The van der Waals surface area contributed by atoms with Crippen LogP contribution in [0.25, 0.3) is 11.1 Å². The van der Waals surface area contributed by atoms with Gasteiger partial charge in [0.25, 0.3) is 6.20 Å². The third kappa shape index (κ3) is 5.53. The number of alkyl halides is 3. The van der Waals surface area contributed by atoms with E-state index in [4.69, 9.17) is 4.52 Å². The van der Waals surface area contributed by atoms with Gasteiger partial charge in [0.1, 0.15) is 0 Å². The maximum Gasteiger partial charge on any atom is 0.416 e. The molecular formula is C23H18F3N5O2. The van der Waals surface area contributed by atoms with Gasteiger partial charge >= 0.3 is 12.1 Å². The lowest BCUT2D eigenvalue weighted by Crippen LogP contribution is -2.35. The van der Waals surface area contributed by atoms with E-state index in [-0.39, 0.29) is 11.6 Å². The zero-order valence-electron chi connectivity index (χ0n) is 17.4. The van der Waals surface area contributed by atoms with Gasteiger partial charge in [-0.25, -0.2) is 4.99 Å². The molecule has 0 spiro atoms. The van der Waals surface area contributed by atoms with Crippen molar-refractivity contribution in [1.82, 2.24) is 10.3 Å². The number of hydrogen-bond donors (Lipinski definition) is 1. The molecule has 2 aromatic carbocycles. The van der Waals surface area contributed by atoms with E-state index in [0.717, 1.165) is 34.5 Å². The highest BCUT2D eigenvalue weighted by Gasteiger charge is 2.30. The van der Waals surface area contributed by atoms with Crippen LogP contribution in [-0.2, 0) is 12.7 Å². The predicted molar refractivity (Wildman–Crippen MR) is 112 cm³/mol. The molecule has 7 nitrogen and oxygen atoms in total. The smallest absolute Gasteiger partial charge is 0.416 e. The first-order valence-corrected chi connectivity index (χ1v) is 9.85. The molecule has 0 amide bonds. The van der Waals surface area contributed by atoms with Crippen molar-refractivity contribution in [3.63, 3.8) is 0 Å². The molecule has 10 heteroatoms. The molecule has 2 aromatic heterocycles. The van der Waals surface area contributed by atoms with Crippen LogP contribution in [0.3, 0.4) is 0 Å². The summed E-state index contributed by atoms with van der Waals surface area (Å²) in [5, 5.41) is 18.2. The number of aromatic nitrogens is 3. The van der Waals surface area contributed by atoms with Gasteiger partial charge in [-0.15, -0.1) is 0 Å². The molecule has 2 heterocycles. The number of anilines is 1. The number of aryl methyl sites for hydroxylation is 1. The molecule has 1 N–H and O–H groups in total. The first-order valence-electron chi connectivity index (χ1n) is 9.85. The predicted octanol–water partition coefficient (Wildman–Crippen LogP) is 3.86. The van der Waals surface area contributed by atoms with E-state index in [0.29, 0.717) is 6.54 Å². The van der Waals surface area contributed by atoms with Crippen LogP contribution >= 0.6 is 0 Å². The highest BCUT2D eigenvalue weighted by atomic mass is 19.4. The lowest BCUT2D eigenvalue weighted by atomic mass is 10.0. The molecule has 0 aliphatic heterocycles. The zero-order chi connectivity index (χ0) is 23.4. The molecule has 0 unspecified atom stereocenters. The maximum atomic E-state index is 12.8. The molecule has 0 fully saturated rings. The Morgan fingerprint density at radius 2 is 1.91 bits per heavy atom. The number of pyridine rings is 1. The van der Waals surface area contributed by atoms with Crippen LogP contribution in [0.15, 0.2) is 82.6 Å². The molecule has 0 saturated carbocycles. The number of aliphatic imine (C=N–C) groups is 1. The first kappa shape index (κ1) is 22.0. The molecule has 4 rings (SSSR count). The van der Waals surface area contributed by atoms with Crippen molar-refractivity contribution in [1.29, 1.82) is 0 Å². The SMILES string of the molecule is Cc1ncccc1-c1ccc(C[n+]2cc(/N=C(\[O-])Nc3cccc(C(F)(F)F)c3)on2)cc1. The van der Waals surface area contributed by atoms with E-state index in [1.54, 1.807) is 6.20 Å². The van der Waals surface area contributed by atoms with Crippen LogP contribution in [0, 0.1) is 6.92 Å². The normalized spacial score (nSPS) is 12.1. The van der Waals surface area contributed by atoms with Crippen LogP contribution in [0.2, 0.25) is 0 Å². The number of hydrogen-bond acceptors (Lipinski definition) is 5. The van der Waals surface area contributed by atoms with Crippen LogP contribution in [0.1, 0.15) is 16.8 Å². The van der Waals surface area contributed by atoms with Crippen molar-refractivity contribution in [2.45, 2.75) is 19.6 Å². The largest absolute Gasteiger partial charge is 0.846 e. The fourth-order valence-electron chi connectivity index (χ4n) is 3.18. The van der Waals surface area contributed by atoms with Gasteiger partial charge in [-0.1, -0.05) is 36.4 Å². The van der Waals surface area contributed by atoms with Gasteiger partial charge in [-0.3, -0.25) is 9.51 Å². The second-order valence-corrected chi connectivity index (χ2v) is 7.19. The number of nitrogens with one attached hydrogen (secondary N) is 1. The van der Waals surface area contributed by atoms with Gasteiger partial charge in [-0.05, 0) is 41.4 Å². The minimum atomic E-state index is -4.51. The van der Waals surface area contributed by atoms with Crippen LogP contribution in [0.4, 0.5) is 24.7 Å². The summed E-state index contributed by atoms with van der Waals surface area (Å²) < 4.78 is 44.9. The van der Waals surface area contributed by atoms with Crippen LogP contribution < -0.4 is 15.1 Å². The lowest BCUT2D eigenvalue weighted by molar-refractivity contribution is -0.754. The summed E-state index contributed by atoms with van der Waals surface area (Å²) >= 11 is 0. The van der Waals surface area contributed by atoms with E-state index in [9.17, 15) is 18.3 Å². The fourth-order valence-corrected chi connectivity index (χ4v) is 3.18. The molecule has 0 atom stereocenters. The van der Waals surface area contributed by atoms with Crippen LogP contribution in [-0.4, -0.2) is 16.3 Å². The Kier molecular flexibility index (Phi) is 6.07. The molecule has 168 valence electrons. The van der Waals surface area contributed by atoms with Crippen molar-refractivity contribution >= 4 is 17.6 Å². The summed E-state index contributed by atoms with van der Waals surface area (Å²) in [6, 6.07) is 15.1. The molecule has 33 heavy (non-hydrogen) atoms. The molecule has 0 bridgehead atoms. The standard InChI is InChI=1S/C23H18F3N5O2/c1-15-20(6-3-11-27-15)17-9-7-16(8-10-17)13-31-14-21(33-30-31)29-22(32)28-19-5-2-4-18(12-19)23(24,25)26/h2-12,14H,13H2,1H3,(H-,28,29,30,32). The van der Waals surface area contributed by atoms with E-state index >= 15 is 0 Å². The monoisotopic (exact) mass is 453 g/mol. The molecule has 0 aliphatic rings. The minimum Gasteiger partial charge on any atom is -0.846 e. The third-order valence-electron chi connectivity index (χ3n) is 4.77. The van der Waals surface area contributed by atoms with Gasteiger partial charge in [0.05, 0.1) is 11.6 Å². The van der Waals surface area contributed by atoms with Crippen molar-refractivity contribution < 1.29 is 27.5 Å². The van der Waals surface area contributed by atoms with Crippen molar-refractivity contribution in [3.05, 3.63) is 89.9 Å². The fraction of sp³-hybridized carbons (Fsp3) is 0.130. The van der Waals surface area contributed by atoms with Gasteiger partial charge in [0.2, 0.25) is 11.8 Å². The summed E-state index contributed by atoms with van der Waals surface area (Å²) in [6.45, 7) is 2.32. The number of nitrogens with zero attached hydrogens (tertiary/aromatic N) is 4. The van der Waals surface area contributed by atoms with Gasteiger partial charge in [-0.2, -0.15) is 13.2 Å². The second kappa shape index (κ2) is 9.11. The molecule has 0 radical (unpaired) electrons. The third-order valence-corrected chi connectivity index (χ3v) is 4.77. The summed E-state index contributed by atoms with van der Waals surface area (Å²) in [7, 11) is 0. The van der Waals surface area contributed by atoms with E-state index in [1.165, 1.54) is 23.0 Å². The van der Waals surface area contributed by atoms with E-state index < -0.39 is 17.8 Å². The number of halogens is 3. The Bertz CT molecular complexity index is 1280. The maximum absolute atomic E-state index is 12.8. The Morgan fingerprint density at radius 1 is 1.12 bits per heavy atom. The highest BCUT2D eigenvalue weighted by molar-refractivity contribution is 5.87. The van der Waals surface area contributed by atoms with E-state index in [1.807, 2.05) is 43.3 Å². The van der Waals surface area contributed by atoms with Crippen LogP contribution in [0.5, 0.6) is 0 Å². The molecule has 0 saturated heterocycles. The molecule has 0 aliphatic carbocycles.